The van der Waals surface area contributed by atoms with Gasteiger partial charge in [-0.1, -0.05) is 249 Å². The molecular weight excluding hydrogens is 1000 g/mol. The van der Waals surface area contributed by atoms with Crippen molar-refractivity contribution in [3.05, 3.63) is 264 Å². The number of rotatable bonds is 11. The van der Waals surface area contributed by atoms with Gasteiger partial charge in [-0.05, 0) is 139 Å². The summed E-state index contributed by atoms with van der Waals surface area (Å²) in [5.41, 5.74) is 19.5. The van der Waals surface area contributed by atoms with Gasteiger partial charge in [-0.3, -0.25) is 0 Å². The Kier molecular flexibility index (Phi) is 13.0. The van der Waals surface area contributed by atoms with E-state index in [4.69, 9.17) is 4.42 Å². The minimum atomic E-state index is -1.64. The third-order valence-electron chi connectivity index (χ3n) is 16.8. The molecular formula is C75H74N2OSi2. The van der Waals surface area contributed by atoms with Crippen LogP contribution in [0, 0.1) is 0 Å². The summed E-state index contributed by atoms with van der Waals surface area (Å²) in [7, 11) is -3.25. The summed E-state index contributed by atoms with van der Waals surface area (Å²) < 4.78 is 7.43. The van der Waals surface area contributed by atoms with E-state index in [1.54, 1.807) is 0 Å². The summed E-state index contributed by atoms with van der Waals surface area (Å²) in [6.45, 7) is 28.3. The minimum absolute atomic E-state index is 0.00251. The highest BCUT2D eigenvalue weighted by Crippen LogP contribution is 2.64. The first kappa shape index (κ1) is 52.7. The van der Waals surface area contributed by atoms with Crippen LogP contribution in [-0.4, -0.2) is 16.1 Å². The maximum absolute atomic E-state index is 7.43. The zero-order valence-corrected chi connectivity index (χ0v) is 50.7. The summed E-state index contributed by atoms with van der Waals surface area (Å²) in [4.78, 5) is 4.96. The van der Waals surface area contributed by atoms with Gasteiger partial charge >= 0.3 is 0 Å². The predicted molar refractivity (Wildman–Crippen MR) is 349 cm³/mol. The van der Waals surface area contributed by atoms with Crippen molar-refractivity contribution in [2.75, 3.05) is 9.80 Å². The van der Waals surface area contributed by atoms with Crippen LogP contribution < -0.4 is 20.2 Å². The highest BCUT2D eigenvalue weighted by molar-refractivity contribution is 6.89. The molecule has 0 radical (unpaired) electrons. The number of furan rings is 1. The second-order valence-electron chi connectivity index (χ2n) is 26.2. The van der Waals surface area contributed by atoms with E-state index in [-0.39, 0.29) is 10.8 Å². The van der Waals surface area contributed by atoms with Crippen LogP contribution in [0.15, 0.2) is 235 Å². The topological polar surface area (TPSA) is 19.6 Å². The van der Waals surface area contributed by atoms with Gasteiger partial charge in [-0.15, -0.1) is 0 Å². The van der Waals surface area contributed by atoms with Crippen LogP contribution in [0.5, 0.6) is 0 Å². The van der Waals surface area contributed by atoms with Crippen molar-refractivity contribution >= 4 is 82.6 Å². The van der Waals surface area contributed by atoms with Crippen LogP contribution in [0.2, 0.25) is 39.3 Å². The Hall–Kier alpha value is -7.97. The molecule has 1 aliphatic rings. The van der Waals surface area contributed by atoms with Gasteiger partial charge in [0.05, 0.1) is 27.3 Å². The molecule has 12 rings (SSSR count). The number of hydrogen-bond acceptors (Lipinski definition) is 3. The van der Waals surface area contributed by atoms with Crippen molar-refractivity contribution in [3.63, 3.8) is 0 Å². The lowest BCUT2D eigenvalue weighted by molar-refractivity contribution is 0.590. The van der Waals surface area contributed by atoms with Crippen molar-refractivity contribution in [2.45, 2.75) is 97.1 Å². The normalized spacial score (nSPS) is 13.3. The summed E-state index contributed by atoms with van der Waals surface area (Å²) >= 11 is 0. The lowest BCUT2D eigenvalue weighted by Gasteiger charge is -2.36. The Morgan fingerprint density at radius 1 is 0.388 bits per heavy atom. The smallest absolute Gasteiger partial charge is 0.160 e. The van der Waals surface area contributed by atoms with Crippen molar-refractivity contribution in [1.29, 1.82) is 0 Å². The third-order valence-corrected chi connectivity index (χ3v) is 20.9. The van der Waals surface area contributed by atoms with Gasteiger partial charge in [0, 0.05) is 39.2 Å². The van der Waals surface area contributed by atoms with Gasteiger partial charge in [0.2, 0.25) is 0 Å². The van der Waals surface area contributed by atoms with E-state index >= 15 is 0 Å². The quantitative estimate of drug-likeness (QED) is 0.120. The van der Waals surface area contributed by atoms with Crippen LogP contribution in [0.4, 0.5) is 34.1 Å². The molecule has 5 heteroatoms. The molecule has 0 amide bonds. The molecule has 0 unspecified atom stereocenters. The highest BCUT2D eigenvalue weighted by atomic mass is 28.3. The number of fused-ring (bicyclic) bond motifs is 7. The third kappa shape index (κ3) is 9.15. The lowest BCUT2D eigenvalue weighted by Crippen LogP contribution is -2.37. The molecule has 0 atom stereocenters. The standard InChI is InChI=1S/C75H74N2OSi2/c1-73(2,3)52-32-36-56(37-33-52)76(57-40-44-61(45-41-57)79(7,8)9)60-48-64(51-24-16-13-17-25-51)69-65(49-60)75(54-26-18-14-19-27-54,55-28-20-15-21-29-55)66-50-67(72-70(71(66)69)63-30-22-23-31-68(63)78-72)77(58-38-34-53(35-39-58)74(4,5)6)59-42-46-62(47-43-59)80(10,11)12/h13-50H,1-12H3. The van der Waals surface area contributed by atoms with E-state index in [1.165, 1.54) is 60.4 Å². The highest BCUT2D eigenvalue weighted by Gasteiger charge is 2.50. The van der Waals surface area contributed by atoms with Gasteiger partial charge in [0.25, 0.3) is 0 Å². The average Bonchev–Trinajstić information content (AvgIpc) is 4.19. The summed E-state index contributed by atoms with van der Waals surface area (Å²) in [6.07, 6.45) is 0. The van der Waals surface area contributed by atoms with Gasteiger partial charge in [0.1, 0.15) is 5.58 Å². The zero-order chi connectivity index (χ0) is 55.9. The van der Waals surface area contributed by atoms with Gasteiger partial charge in [-0.25, -0.2) is 0 Å². The number of nitrogens with zero attached hydrogens (tertiary/aromatic N) is 2. The predicted octanol–water partition coefficient (Wildman–Crippen LogP) is 20.2. The Bertz CT molecular complexity index is 3890. The van der Waals surface area contributed by atoms with E-state index in [2.05, 4.69) is 321 Å². The second-order valence-corrected chi connectivity index (χ2v) is 36.4. The number of hydrogen-bond donors (Lipinski definition) is 0. The zero-order valence-electron chi connectivity index (χ0n) is 48.7. The number of benzene rings is 10. The molecule has 0 saturated heterocycles. The molecule has 0 N–H and O–H groups in total. The molecule has 398 valence electrons. The first-order valence-electron chi connectivity index (χ1n) is 28.6. The number of anilines is 6. The number of para-hydroxylation sites is 1. The molecule has 10 aromatic carbocycles. The van der Waals surface area contributed by atoms with Crippen LogP contribution in [0.3, 0.4) is 0 Å². The van der Waals surface area contributed by atoms with Crippen molar-refractivity contribution in [2.24, 2.45) is 0 Å². The minimum Gasteiger partial charge on any atom is -0.454 e. The molecule has 80 heavy (non-hydrogen) atoms. The van der Waals surface area contributed by atoms with Gasteiger partial charge < -0.3 is 14.2 Å². The fraction of sp³-hybridized carbons (Fsp3) is 0.200. The summed E-state index contributed by atoms with van der Waals surface area (Å²) in [5, 5.41) is 5.06. The fourth-order valence-electron chi connectivity index (χ4n) is 12.4. The van der Waals surface area contributed by atoms with E-state index in [0.717, 1.165) is 61.6 Å². The molecule has 0 bridgehead atoms. The molecule has 0 saturated carbocycles. The van der Waals surface area contributed by atoms with E-state index < -0.39 is 21.6 Å². The molecule has 0 spiro atoms. The van der Waals surface area contributed by atoms with Crippen LogP contribution >= 0.6 is 0 Å². The van der Waals surface area contributed by atoms with Gasteiger partial charge in [-0.2, -0.15) is 0 Å². The van der Waals surface area contributed by atoms with Crippen molar-refractivity contribution in [1.82, 2.24) is 0 Å². The Labute approximate surface area is 477 Å². The van der Waals surface area contributed by atoms with E-state index in [1.807, 2.05) is 0 Å². The Balaban J connectivity index is 1.25. The largest absolute Gasteiger partial charge is 0.454 e. The molecule has 1 heterocycles. The maximum Gasteiger partial charge on any atom is 0.160 e. The average molecular weight is 1080 g/mol. The van der Waals surface area contributed by atoms with Crippen LogP contribution in [-0.2, 0) is 16.2 Å². The molecule has 1 aliphatic carbocycles. The van der Waals surface area contributed by atoms with Crippen molar-refractivity contribution in [3.8, 4) is 22.3 Å². The van der Waals surface area contributed by atoms with Gasteiger partial charge in [0.15, 0.2) is 5.58 Å². The lowest BCUT2D eigenvalue weighted by atomic mass is 9.67. The Morgan fingerprint density at radius 2 is 0.800 bits per heavy atom. The molecule has 11 aromatic rings. The summed E-state index contributed by atoms with van der Waals surface area (Å²) in [5.74, 6) is 0. The molecule has 0 fully saturated rings. The van der Waals surface area contributed by atoms with Crippen LogP contribution in [0.1, 0.15) is 74.9 Å². The molecule has 1 aromatic heterocycles. The SMILES string of the molecule is CC(C)(C)c1ccc(N(c2ccc([Si](C)(C)C)cc2)c2cc(-c3ccccc3)c3c(c2)C(c2ccccc2)(c2ccccc2)c2cc(N(c4ccc(C(C)(C)C)cc4)c4ccc([Si](C)(C)C)cc4)c4oc5ccccc5c4c2-3)cc1. The first-order chi connectivity index (χ1) is 38.2. The monoisotopic (exact) mass is 1070 g/mol. The molecule has 3 nitrogen and oxygen atoms in total. The fourth-order valence-corrected chi connectivity index (χ4v) is 14.7. The summed E-state index contributed by atoms with van der Waals surface area (Å²) in [6, 6.07) is 87.3. The second kappa shape index (κ2) is 19.7. The van der Waals surface area contributed by atoms with E-state index in [0.29, 0.717) is 0 Å². The maximum atomic E-state index is 7.43. The van der Waals surface area contributed by atoms with Crippen molar-refractivity contribution < 1.29 is 4.42 Å². The first-order valence-corrected chi connectivity index (χ1v) is 35.6. The van der Waals surface area contributed by atoms with E-state index in [9.17, 15) is 0 Å². The Morgan fingerprint density at radius 3 is 1.26 bits per heavy atom. The van der Waals surface area contributed by atoms with Crippen LogP contribution in [0.25, 0.3) is 44.2 Å². The molecule has 0 aliphatic heterocycles.